The summed E-state index contributed by atoms with van der Waals surface area (Å²) >= 11 is 0. The van der Waals surface area contributed by atoms with Crippen molar-refractivity contribution in [3.63, 3.8) is 0 Å². The molecule has 7 heteroatoms. The number of amides is 1. The van der Waals surface area contributed by atoms with Crippen LogP contribution in [0.1, 0.15) is 60.5 Å². The van der Waals surface area contributed by atoms with Crippen molar-refractivity contribution in [2.45, 2.75) is 52.6 Å². The molecule has 0 unspecified atom stereocenters. The Hall–Kier alpha value is -3.74. The quantitative estimate of drug-likeness (QED) is 0.357. The van der Waals surface area contributed by atoms with E-state index in [1.54, 1.807) is 37.1 Å². The van der Waals surface area contributed by atoms with E-state index in [9.17, 15) is 14.7 Å². The van der Waals surface area contributed by atoms with Gasteiger partial charge in [0.25, 0.3) is 11.7 Å². The zero-order valence-corrected chi connectivity index (χ0v) is 20.5. The Kier molecular flexibility index (Phi) is 5.89. The molecule has 1 N–H and O–H groups in total. The molecule has 3 heterocycles. The number of carbonyl (C=O) groups excluding carboxylic acids is 2. The van der Waals surface area contributed by atoms with E-state index >= 15 is 0 Å². The van der Waals surface area contributed by atoms with Gasteiger partial charge in [-0.3, -0.25) is 19.3 Å². The lowest BCUT2D eigenvalue weighted by Gasteiger charge is -2.26. The Morgan fingerprint density at radius 3 is 2.29 bits per heavy atom. The monoisotopic (exact) mass is 458 g/mol. The SMILES string of the molecule is Cc1nn(C)c(C)c1/C(O)=C1\C(=O)C(=O)N(Cc2cccnc2)[C@@H]1c1ccc(C(C)(C)C)cc1. The number of hydrogen-bond acceptors (Lipinski definition) is 5. The van der Waals surface area contributed by atoms with Crippen LogP contribution in [-0.4, -0.2) is 36.5 Å². The van der Waals surface area contributed by atoms with E-state index in [1.807, 2.05) is 37.3 Å². The maximum Gasteiger partial charge on any atom is 0.295 e. The fourth-order valence-electron chi connectivity index (χ4n) is 4.49. The maximum absolute atomic E-state index is 13.3. The van der Waals surface area contributed by atoms with Crippen molar-refractivity contribution in [3.8, 4) is 0 Å². The molecule has 1 aliphatic rings. The van der Waals surface area contributed by atoms with Crippen molar-refractivity contribution in [1.82, 2.24) is 19.7 Å². The number of benzene rings is 1. The molecule has 3 aromatic rings. The normalized spacial score (nSPS) is 18.1. The number of likely N-dealkylation sites (tertiary alicyclic amines) is 1. The average Bonchev–Trinajstić information content (AvgIpc) is 3.19. The first kappa shape index (κ1) is 23.4. The third kappa shape index (κ3) is 4.02. The van der Waals surface area contributed by atoms with E-state index in [-0.39, 0.29) is 23.3 Å². The van der Waals surface area contributed by atoms with Gasteiger partial charge >= 0.3 is 0 Å². The van der Waals surface area contributed by atoms with Crippen molar-refractivity contribution in [2.75, 3.05) is 0 Å². The lowest BCUT2D eigenvalue weighted by molar-refractivity contribution is -0.140. The van der Waals surface area contributed by atoms with Gasteiger partial charge in [0.15, 0.2) is 0 Å². The first-order chi connectivity index (χ1) is 16.0. The Balaban J connectivity index is 1.90. The van der Waals surface area contributed by atoms with E-state index in [2.05, 4.69) is 30.9 Å². The van der Waals surface area contributed by atoms with Gasteiger partial charge in [-0.15, -0.1) is 0 Å². The van der Waals surface area contributed by atoms with Gasteiger partial charge in [0, 0.05) is 31.7 Å². The molecule has 1 amide bonds. The summed E-state index contributed by atoms with van der Waals surface area (Å²) < 4.78 is 1.66. The van der Waals surface area contributed by atoms with Crippen LogP contribution in [0, 0.1) is 13.8 Å². The molecule has 7 nitrogen and oxygen atoms in total. The highest BCUT2D eigenvalue weighted by molar-refractivity contribution is 6.46. The highest BCUT2D eigenvalue weighted by Gasteiger charge is 2.46. The molecular formula is C27H30N4O3. The number of Topliss-reactive ketones (excluding diaryl/α,β-unsaturated/α-hetero) is 1. The second-order valence-corrected chi connectivity index (χ2v) is 9.83. The molecule has 4 rings (SSSR count). The number of aromatic nitrogens is 3. The van der Waals surface area contributed by atoms with E-state index in [4.69, 9.17) is 0 Å². The second kappa shape index (κ2) is 8.56. The van der Waals surface area contributed by atoms with Gasteiger partial charge in [-0.2, -0.15) is 5.10 Å². The minimum absolute atomic E-state index is 0.0417. The molecule has 1 aromatic carbocycles. The maximum atomic E-state index is 13.3. The lowest BCUT2D eigenvalue weighted by atomic mass is 9.85. The number of carbonyl (C=O) groups is 2. The van der Waals surface area contributed by atoms with E-state index < -0.39 is 17.7 Å². The van der Waals surface area contributed by atoms with Gasteiger partial charge < -0.3 is 10.0 Å². The molecule has 0 radical (unpaired) electrons. The molecule has 0 spiro atoms. The van der Waals surface area contributed by atoms with E-state index in [0.29, 0.717) is 11.3 Å². The fraction of sp³-hybridized carbons (Fsp3) is 0.333. The van der Waals surface area contributed by atoms with Gasteiger partial charge in [-0.1, -0.05) is 51.1 Å². The van der Waals surface area contributed by atoms with Crippen molar-refractivity contribution in [3.05, 3.63) is 88.0 Å². The van der Waals surface area contributed by atoms with Gasteiger partial charge in [0.05, 0.1) is 22.9 Å². The summed E-state index contributed by atoms with van der Waals surface area (Å²) in [4.78, 5) is 32.2. The average molecular weight is 459 g/mol. The van der Waals surface area contributed by atoms with Gasteiger partial charge in [0.2, 0.25) is 0 Å². The summed E-state index contributed by atoms with van der Waals surface area (Å²) in [5.41, 5.74) is 4.54. The largest absolute Gasteiger partial charge is 0.507 e. The molecule has 0 bridgehead atoms. The molecule has 1 aliphatic heterocycles. The molecule has 34 heavy (non-hydrogen) atoms. The highest BCUT2D eigenvalue weighted by Crippen LogP contribution is 2.41. The zero-order valence-electron chi connectivity index (χ0n) is 20.5. The Labute approximate surface area is 199 Å². The lowest BCUT2D eigenvalue weighted by Crippen LogP contribution is -2.29. The molecule has 1 saturated heterocycles. The standard InChI is InChI=1S/C27H30N4O3/c1-16-21(17(2)30(6)29-16)24(32)22-23(19-9-11-20(12-10-19)27(3,4)5)31(26(34)25(22)33)15-18-8-7-13-28-14-18/h7-14,23,32H,15H2,1-6H3/b24-22+/t23-/m1/s1. The van der Waals surface area contributed by atoms with Crippen molar-refractivity contribution < 1.29 is 14.7 Å². The van der Waals surface area contributed by atoms with Crippen molar-refractivity contribution in [2.24, 2.45) is 7.05 Å². The van der Waals surface area contributed by atoms with Crippen LogP contribution in [0.15, 0.2) is 54.4 Å². The van der Waals surface area contributed by atoms with Crippen LogP contribution in [-0.2, 0) is 28.6 Å². The summed E-state index contributed by atoms with van der Waals surface area (Å²) in [6, 6.07) is 10.8. The van der Waals surface area contributed by atoms with Crippen LogP contribution in [0.2, 0.25) is 0 Å². The van der Waals surface area contributed by atoms with Crippen LogP contribution < -0.4 is 0 Å². The number of aryl methyl sites for hydroxylation is 2. The first-order valence-electron chi connectivity index (χ1n) is 11.3. The first-order valence-corrected chi connectivity index (χ1v) is 11.3. The fourth-order valence-corrected chi connectivity index (χ4v) is 4.49. The summed E-state index contributed by atoms with van der Waals surface area (Å²) in [5.74, 6) is -1.54. The summed E-state index contributed by atoms with van der Waals surface area (Å²) in [6.07, 6.45) is 3.34. The molecule has 1 atom stereocenters. The van der Waals surface area contributed by atoms with Crippen molar-refractivity contribution >= 4 is 17.4 Å². The van der Waals surface area contributed by atoms with Crippen LogP contribution in [0.3, 0.4) is 0 Å². The van der Waals surface area contributed by atoms with Crippen molar-refractivity contribution in [1.29, 1.82) is 0 Å². The summed E-state index contributed by atoms with van der Waals surface area (Å²) in [7, 11) is 1.78. The van der Waals surface area contributed by atoms with Crippen LogP contribution in [0.4, 0.5) is 0 Å². The number of aliphatic hydroxyl groups excluding tert-OH is 1. The smallest absolute Gasteiger partial charge is 0.295 e. The number of hydrogen-bond donors (Lipinski definition) is 1. The Bertz CT molecular complexity index is 1280. The molecule has 0 saturated carbocycles. The van der Waals surface area contributed by atoms with E-state index in [1.165, 1.54) is 4.90 Å². The van der Waals surface area contributed by atoms with Crippen LogP contribution in [0.5, 0.6) is 0 Å². The highest BCUT2D eigenvalue weighted by atomic mass is 16.3. The molecule has 1 fully saturated rings. The Morgan fingerprint density at radius 1 is 1.09 bits per heavy atom. The van der Waals surface area contributed by atoms with Crippen LogP contribution >= 0.6 is 0 Å². The van der Waals surface area contributed by atoms with Gasteiger partial charge in [-0.25, -0.2) is 0 Å². The predicted octanol–water partition coefficient (Wildman–Crippen LogP) is 4.35. The summed E-state index contributed by atoms with van der Waals surface area (Å²) in [5, 5.41) is 15.8. The minimum Gasteiger partial charge on any atom is -0.507 e. The number of ketones is 1. The Morgan fingerprint density at radius 2 is 1.76 bits per heavy atom. The topological polar surface area (TPSA) is 88.3 Å². The third-order valence-corrected chi connectivity index (χ3v) is 6.45. The number of pyridine rings is 1. The van der Waals surface area contributed by atoms with E-state index in [0.717, 1.165) is 22.4 Å². The zero-order chi connectivity index (χ0) is 24.8. The van der Waals surface area contributed by atoms with Gasteiger partial charge in [-0.05, 0) is 42.0 Å². The summed E-state index contributed by atoms with van der Waals surface area (Å²) in [6.45, 7) is 10.2. The number of nitrogens with zero attached hydrogens (tertiary/aromatic N) is 4. The molecule has 0 aliphatic carbocycles. The number of aliphatic hydroxyl groups is 1. The van der Waals surface area contributed by atoms with Crippen LogP contribution in [0.25, 0.3) is 5.76 Å². The number of rotatable bonds is 4. The second-order valence-electron chi connectivity index (χ2n) is 9.83. The minimum atomic E-state index is -0.728. The molecular weight excluding hydrogens is 428 g/mol. The third-order valence-electron chi connectivity index (χ3n) is 6.45. The molecule has 2 aromatic heterocycles. The van der Waals surface area contributed by atoms with Gasteiger partial charge in [0.1, 0.15) is 5.76 Å². The predicted molar refractivity (Wildman–Crippen MR) is 130 cm³/mol. The molecule has 176 valence electrons.